The van der Waals surface area contributed by atoms with Crippen LogP contribution in [-0.4, -0.2) is 43.4 Å². The number of nitrogens with zero attached hydrogens (tertiary/aromatic N) is 1. The zero-order valence-corrected chi connectivity index (χ0v) is 10.4. The summed E-state index contributed by atoms with van der Waals surface area (Å²) in [6, 6.07) is 0. The molecule has 92 valence electrons. The Morgan fingerprint density at radius 3 is 2.44 bits per heavy atom. The van der Waals surface area contributed by atoms with E-state index in [1.165, 1.54) is 6.92 Å². The SMILES string of the molecule is CC(=O)COC1CCCCC1C(=O)N(C)C. The third-order valence-electron chi connectivity index (χ3n) is 2.96. The van der Waals surface area contributed by atoms with E-state index in [0.29, 0.717) is 0 Å². The van der Waals surface area contributed by atoms with E-state index in [4.69, 9.17) is 4.74 Å². The number of amides is 1. The number of carbonyl (C=O) groups excluding carboxylic acids is 2. The van der Waals surface area contributed by atoms with Crippen molar-refractivity contribution in [3.8, 4) is 0 Å². The van der Waals surface area contributed by atoms with Crippen molar-refractivity contribution in [2.24, 2.45) is 5.92 Å². The van der Waals surface area contributed by atoms with Crippen LogP contribution in [0.2, 0.25) is 0 Å². The number of carbonyl (C=O) groups is 2. The fourth-order valence-electron chi connectivity index (χ4n) is 2.13. The second kappa shape index (κ2) is 5.99. The van der Waals surface area contributed by atoms with Gasteiger partial charge >= 0.3 is 0 Å². The zero-order chi connectivity index (χ0) is 12.1. The summed E-state index contributed by atoms with van der Waals surface area (Å²) >= 11 is 0. The van der Waals surface area contributed by atoms with Crippen LogP contribution in [-0.2, 0) is 14.3 Å². The van der Waals surface area contributed by atoms with Crippen molar-refractivity contribution in [3.63, 3.8) is 0 Å². The third kappa shape index (κ3) is 3.59. The van der Waals surface area contributed by atoms with E-state index >= 15 is 0 Å². The van der Waals surface area contributed by atoms with Gasteiger partial charge in [0.2, 0.25) is 5.91 Å². The van der Waals surface area contributed by atoms with Crippen molar-refractivity contribution in [2.45, 2.75) is 38.7 Å². The Bertz CT molecular complexity index is 263. The number of ether oxygens (including phenoxy) is 1. The highest BCUT2D eigenvalue weighted by atomic mass is 16.5. The molecule has 0 aromatic rings. The van der Waals surface area contributed by atoms with Gasteiger partial charge in [0.05, 0.1) is 12.0 Å². The van der Waals surface area contributed by atoms with Gasteiger partial charge in [0.25, 0.3) is 0 Å². The molecule has 0 radical (unpaired) electrons. The van der Waals surface area contributed by atoms with Gasteiger partial charge in [0.1, 0.15) is 6.61 Å². The Labute approximate surface area is 96.9 Å². The molecule has 1 rings (SSSR count). The molecule has 0 aromatic heterocycles. The largest absolute Gasteiger partial charge is 0.370 e. The molecule has 0 spiro atoms. The maximum Gasteiger partial charge on any atom is 0.227 e. The van der Waals surface area contributed by atoms with Gasteiger partial charge in [0, 0.05) is 14.1 Å². The average molecular weight is 227 g/mol. The van der Waals surface area contributed by atoms with Crippen molar-refractivity contribution < 1.29 is 14.3 Å². The first kappa shape index (κ1) is 13.2. The fraction of sp³-hybridized carbons (Fsp3) is 0.833. The van der Waals surface area contributed by atoms with Gasteiger partial charge in [0.15, 0.2) is 5.78 Å². The van der Waals surface area contributed by atoms with Gasteiger partial charge in [-0.3, -0.25) is 9.59 Å². The molecule has 1 aliphatic carbocycles. The normalized spacial score (nSPS) is 25.2. The van der Waals surface area contributed by atoms with E-state index in [2.05, 4.69) is 0 Å². The smallest absolute Gasteiger partial charge is 0.227 e. The summed E-state index contributed by atoms with van der Waals surface area (Å²) < 4.78 is 5.53. The Morgan fingerprint density at radius 1 is 1.25 bits per heavy atom. The minimum atomic E-state index is -0.0763. The predicted octanol–water partition coefficient (Wildman–Crippen LogP) is 1.24. The maximum absolute atomic E-state index is 11.9. The Hall–Kier alpha value is -0.900. The molecule has 0 saturated heterocycles. The molecule has 1 amide bonds. The van der Waals surface area contributed by atoms with Crippen LogP contribution in [0.25, 0.3) is 0 Å². The van der Waals surface area contributed by atoms with Crippen LogP contribution in [0.15, 0.2) is 0 Å². The summed E-state index contributed by atoms with van der Waals surface area (Å²) in [7, 11) is 3.53. The molecule has 1 saturated carbocycles. The molecular formula is C12H21NO3. The molecule has 0 aromatic carbocycles. The topological polar surface area (TPSA) is 46.6 Å². The summed E-state index contributed by atoms with van der Waals surface area (Å²) in [6.45, 7) is 1.63. The molecule has 4 nitrogen and oxygen atoms in total. The molecule has 0 N–H and O–H groups in total. The molecule has 0 heterocycles. The lowest BCUT2D eigenvalue weighted by Crippen LogP contribution is -2.40. The molecule has 16 heavy (non-hydrogen) atoms. The summed E-state index contributed by atoms with van der Waals surface area (Å²) in [5.41, 5.74) is 0. The Balaban J connectivity index is 2.56. The lowest BCUT2D eigenvalue weighted by atomic mass is 9.85. The lowest BCUT2D eigenvalue weighted by molar-refractivity contribution is -0.143. The highest BCUT2D eigenvalue weighted by Crippen LogP contribution is 2.28. The van der Waals surface area contributed by atoms with Crippen molar-refractivity contribution >= 4 is 11.7 Å². The van der Waals surface area contributed by atoms with Crippen LogP contribution in [0.3, 0.4) is 0 Å². The van der Waals surface area contributed by atoms with Crippen LogP contribution < -0.4 is 0 Å². The second-order valence-electron chi connectivity index (χ2n) is 4.68. The van der Waals surface area contributed by atoms with Gasteiger partial charge in [-0.15, -0.1) is 0 Å². The second-order valence-corrected chi connectivity index (χ2v) is 4.68. The fourth-order valence-corrected chi connectivity index (χ4v) is 2.13. The molecule has 0 bridgehead atoms. The minimum absolute atomic E-state index is 0.0154. The molecule has 4 heteroatoms. The number of ketones is 1. The van der Waals surface area contributed by atoms with Crippen LogP contribution in [0.4, 0.5) is 0 Å². The number of Topliss-reactive ketones (excluding diaryl/α,β-unsaturated/α-hetero) is 1. The van der Waals surface area contributed by atoms with Gasteiger partial charge in [-0.2, -0.15) is 0 Å². The highest BCUT2D eigenvalue weighted by molar-refractivity contribution is 5.79. The summed E-state index contributed by atoms with van der Waals surface area (Å²) in [4.78, 5) is 24.4. The summed E-state index contributed by atoms with van der Waals surface area (Å²) in [5, 5.41) is 0. The first-order chi connectivity index (χ1) is 7.52. The monoisotopic (exact) mass is 227 g/mol. The van der Waals surface area contributed by atoms with E-state index in [9.17, 15) is 9.59 Å². The van der Waals surface area contributed by atoms with Crippen LogP contribution in [0.1, 0.15) is 32.6 Å². The highest BCUT2D eigenvalue weighted by Gasteiger charge is 2.32. The molecule has 1 fully saturated rings. The van der Waals surface area contributed by atoms with Gasteiger partial charge in [-0.1, -0.05) is 12.8 Å². The molecular weight excluding hydrogens is 206 g/mol. The predicted molar refractivity (Wildman–Crippen MR) is 61.1 cm³/mol. The molecule has 2 unspecified atom stereocenters. The van der Waals surface area contributed by atoms with Gasteiger partial charge in [-0.25, -0.2) is 0 Å². The van der Waals surface area contributed by atoms with E-state index in [-0.39, 0.29) is 30.3 Å². The molecule has 1 aliphatic rings. The Morgan fingerprint density at radius 2 is 1.88 bits per heavy atom. The summed E-state index contributed by atoms with van der Waals surface area (Å²) in [6.07, 6.45) is 3.84. The standard InChI is InChI=1S/C12H21NO3/c1-9(14)8-16-11-7-5-4-6-10(11)12(15)13(2)3/h10-11H,4-8H2,1-3H3. The van der Waals surface area contributed by atoms with Crippen molar-refractivity contribution in [1.82, 2.24) is 4.90 Å². The average Bonchev–Trinajstić information content (AvgIpc) is 2.25. The number of hydrogen-bond acceptors (Lipinski definition) is 3. The van der Waals surface area contributed by atoms with Crippen molar-refractivity contribution in [2.75, 3.05) is 20.7 Å². The first-order valence-electron chi connectivity index (χ1n) is 5.84. The zero-order valence-electron chi connectivity index (χ0n) is 10.4. The van der Waals surface area contributed by atoms with Crippen LogP contribution >= 0.6 is 0 Å². The van der Waals surface area contributed by atoms with Crippen LogP contribution in [0, 0.1) is 5.92 Å². The lowest BCUT2D eigenvalue weighted by Gasteiger charge is -2.31. The third-order valence-corrected chi connectivity index (χ3v) is 2.96. The Kier molecular flexibility index (Phi) is 4.93. The van der Waals surface area contributed by atoms with Crippen LogP contribution in [0.5, 0.6) is 0 Å². The van der Waals surface area contributed by atoms with E-state index in [1.807, 2.05) is 0 Å². The number of hydrogen-bond donors (Lipinski definition) is 0. The number of rotatable bonds is 4. The van der Waals surface area contributed by atoms with Gasteiger partial charge < -0.3 is 9.64 Å². The van der Waals surface area contributed by atoms with E-state index < -0.39 is 0 Å². The van der Waals surface area contributed by atoms with Gasteiger partial charge in [-0.05, 0) is 19.8 Å². The minimum Gasteiger partial charge on any atom is -0.370 e. The summed E-state index contributed by atoms with van der Waals surface area (Å²) in [5.74, 6) is 0.0676. The maximum atomic E-state index is 11.9. The van der Waals surface area contributed by atoms with Crippen molar-refractivity contribution in [3.05, 3.63) is 0 Å². The molecule has 2 atom stereocenters. The van der Waals surface area contributed by atoms with Crippen molar-refractivity contribution in [1.29, 1.82) is 0 Å². The van der Waals surface area contributed by atoms with E-state index in [1.54, 1.807) is 19.0 Å². The quantitative estimate of drug-likeness (QED) is 0.726. The first-order valence-corrected chi connectivity index (χ1v) is 5.84. The molecule has 0 aliphatic heterocycles. The van der Waals surface area contributed by atoms with E-state index in [0.717, 1.165) is 25.7 Å².